The van der Waals surface area contributed by atoms with Crippen molar-refractivity contribution in [2.45, 2.75) is 40.5 Å². The molecule has 1 rings (SSSR count). The van der Waals surface area contributed by atoms with Crippen LogP contribution in [0.25, 0.3) is 0 Å². The van der Waals surface area contributed by atoms with Crippen LogP contribution in [-0.2, 0) is 12.8 Å². The van der Waals surface area contributed by atoms with Gasteiger partial charge in [0.2, 0.25) is 0 Å². The van der Waals surface area contributed by atoms with Gasteiger partial charge in [-0.15, -0.1) is 0 Å². The van der Waals surface area contributed by atoms with Crippen LogP contribution in [0.1, 0.15) is 37.5 Å². The average Bonchev–Trinajstić information content (AvgIpc) is 2.32. The second-order valence-electron chi connectivity index (χ2n) is 4.65. The van der Waals surface area contributed by atoms with E-state index in [0.29, 0.717) is 29.7 Å². The number of methoxy groups -OCH3 is 1. The van der Waals surface area contributed by atoms with Crippen molar-refractivity contribution in [2.75, 3.05) is 7.11 Å². The molecule has 0 saturated carbocycles. The molecule has 0 bridgehead atoms. The quantitative estimate of drug-likeness (QED) is 0.635. The Labute approximate surface area is 109 Å². The third-order valence-electron chi connectivity index (χ3n) is 3.14. The monoisotopic (exact) mass is 250 g/mol. The summed E-state index contributed by atoms with van der Waals surface area (Å²) in [5.41, 5.74) is 3.30. The second kappa shape index (κ2) is 5.80. The van der Waals surface area contributed by atoms with Crippen LogP contribution in [-0.4, -0.2) is 17.3 Å². The highest BCUT2D eigenvalue weighted by Gasteiger charge is 2.20. The van der Waals surface area contributed by atoms with E-state index in [1.807, 2.05) is 26.8 Å². The lowest BCUT2D eigenvalue weighted by Gasteiger charge is -2.17. The highest BCUT2D eigenvalue weighted by atomic mass is 16.5. The molecule has 0 aromatic heterocycles. The maximum atomic E-state index is 10.3. The first kappa shape index (κ1) is 14.4. The van der Waals surface area contributed by atoms with Gasteiger partial charge in [0.15, 0.2) is 11.5 Å². The Morgan fingerprint density at radius 1 is 1.17 bits per heavy atom. The van der Waals surface area contributed by atoms with Crippen LogP contribution in [0.4, 0.5) is 0 Å². The van der Waals surface area contributed by atoms with E-state index in [-0.39, 0.29) is 11.5 Å². The van der Waals surface area contributed by atoms with Gasteiger partial charge in [0.25, 0.3) is 0 Å². The summed E-state index contributed by atoms with van der Waals surface area (Å²) in [7, 11) is 1.50. The predicted molar refractivity (Wildman–Crippen MR) is 73.6 cm³/mol. The largest absolute Gasteiger partial charge is 0.507 e. The van der Waals surface area contributed by atoms with Crippen LogP contribution in [0.3, 0.4) is 0 Å². The van der Waals surface area contributed by atoms with Crippen molar-refractivity contribution < 1.29 is 14.9 Å². The zero-order valence-corrected chi connectivity index (χ0v) is 11.8. The number of phenols is 2. The average molecular weight is 250 g/mol. The fraction of sp³-hybridized carbons (Fsp3) is 0.467. The molecule has 0 aliphatic carbocycles. The van der Waals surface area contributed by atoms with Crippen LogP contribution in [0.2, 0.25) is 0 Å². The summed E-state index contributed by atoms with van der Waals surface area (Å²) < 4.78 is 5.18. The zero-order chi connectivity index (χ0) is 13.9. The summed E-state index contributed by atoms with van der Waals surface area (Å²) in [6.45, 7) is 7.75. The second-order valence-corrected chi connectivity index (χ2v) is 4.65. The fourth-order valence-corrected chi connectivity index (χ4v) is 2.03. The molecule has 0 amide bonds. The molecule has 0 aliphatic rings. The van der Waals surface area contributed by atoms with Crippen LogP contribution >= 0.6 is 0 Å². The number of hydrogen-bond donors (Lipinski definition) is 2. The summed E-state index contributed by atoms with van der Waals surface area (Å²) in [4.78, 5) is 0. The predicted octanol–water partition coefficient (Wildman–Crippen LogP) is 3.49. The highest BCUT2D eigenvalue weighted by molar-refractivity contribution is 5.62. The van der Waals surface area contributed by atoms with E-state index < -0.39 is 0 Å². The Balaban J connectivity index is 3.44. The SMILES string of the molecule is CCc1c(O)c(CC=C(C)C)c(C)c(O)c1OC. The Kier molecular flexibility index (Phi) is 4.65. The number of ether oxygens (including phenoxy) is 1. The molecule has 1 aromatic carbocycles. The topological polar surface area (TPSA) is 49.7 Å². The molecule has 100 valence electrons. The summed E-state index contributed by atoms with van der Waals surface area (Å²) >= 11 is 0. The van der Waals surface area contributed by atoms with Crippen molar-refractivity contribution in [3.63, 3.8) is 0 Å². The third-order valence-corrected chi connectivity index (χ3v) is 3.14. The highest BCUT2D eigenvalue weighted by Crippen LogP contribution is 2.43. The molecule has 0 unspecified atom stereocenters. The summed E-state index contributed by atoms with van der Waals surface area (Å²) in [6.07, 6.45) is 3.27. The van der Waals surface area contributed by atoms with Gasteiger partial charge in [0.05, 0.1) is 7.11 Å². The minimum Gasteiger partial charge on any atom is -0.507 e. The first-order chi connectivity index (χ1) is 8.43. The first-order valence-corrected chi connectivity index (χ1v) is 6.17. The Bertz CT molecular complexity index is 469. The number of benzene rings is 1. The molecular weight excluding hydrogens is 228 g/mol. The van der Waals surface area contributed by atoms with Gasteiger partial charge in [-0.25, -0.2) is 0 Å². The van der Waals surface area contributed by atoms with Gasteiger partial charge >= 0.3 is 0 Å². The van der Waals surface area contributed by atoms with Crippen molar-refractivity contribution in [2.24, 2.45) is 0 Å². The van der Waals surface area contributed by atoms with E-state index >= 15 is 0 Å². The van der Waals surface area contributed by atoms with Crippen LogP contribution in [0, 0.1) is 6.92 Å². The molecule has 2 N–H and O–H groups in total. The van der Waals surface area contributed by atoms with Gasteiger partial charge < -0.3 is 14.9 Å². The summed E-state index contributed by atoms with van der Waals surface area (Å²) in [5.74, 6) is 0.750. The van der Waals surface area contributed by atoms with Crippen molar-refractivity contribution in [1.29, 1.82) is 0 Å². The first-order valence-electron chi connectivity index (χ1n) is 6.17. The van der Waals surface area contributed by atoms with Gasteiger partial charge in [-0.3, -0.25) is 0 Å². The number of phenolic OH excluding ortho intramolecular Hbond substituents is 2. The molecule has 1 aromatic rings. The molecule has 0 atom stereocenters. The smallest absolute Gasteiger partial charge is 0.167 e. The van der Waals surface area contributed by atoms with Gasteiger partial charge in [0.1, 0.15) is 5.75 Å². The Hall–Kier alpha value is -1.64. The lowest BCUT2D eigenvalue weighted by Crippen LogP contribution is -1.99. The Morgan fingerprint density at radius 2 is 1.78 bits per heavy atom. The summed E-state index contributed by atoms with van der Waals surface area (Å²) in [5, 5.41) is 20.4. The van der Waals surface area contributed by atoms with Crippen LogP contribution in [0.15, 0.2) is 11.6 Å². The fourth-order valence-electron chi connectivity index (χ4n) is 2.03. The standard InChI is InChI=1S/C15H22O3/c1-6-11-14(17)12(8-7-9(2)3)10(4)13(16)15(11)18-5/h7,16-17H,6,8H2,1-5H3. The number of allylic oxidation sites excluding steroid dienone is 2. The van der Waals surface area contributed by atoms with E-state index in [1.165, 1.54) is 12.7 Å². The van der Waals surface area contributed by atoms with Crippen molar-refractivity contribution in [3.05, 3.63) is 28.3 Å². The van der Waals surface area contributed by atoms with E-state index in [1.54, 1.807) is 6.92 Å². The molecule has 3 nitrogen and oxygen atoms in total. The van der Waals surface area contributed by atoms with Crippen molar-refractivity contribution in [3.8, 4) is 17.2 Å². The molecule has 0 saturated heterocycles. The Morgan fingerprint density at radius 3 is 2.22 bits per heavy atom. The van der Waals surface area contributed by atoms with E-state index in [2.05, 4.69) is 0 Å². The molecule has 0 radical (unpaired) electrons. The minimum absolute atomic E-state index is 0.129. The number of hydrogen-bond acceptors (Lipinski definition) is 3. The van der Waals surface area contributed by atoms with Crippen LogP contribution < -0.4 is 4.74 Å². The van der Waals surface area contributed by atoms with Gasteiger partial charge in [-0.1, -0.05) is 18.6 Å². The summed E-state index contributed by atoms with van der Waals surface area (Å²) in [6, 6.07) is 0. The minimum atomic E-state index is 0.129. The van der Waals surface area contributed by atoms with E-state index in [4.69, 9.17) is 4.74 Å². The maximum Gasteiger partial charge on any atom is 0.167 e. The van der Waals surface area contributed by atoms with Gasteiger partial charge in [-0.2, -0.15) is 0 Å². The van der Waals surface area contributed by atoms with Crippen molar-refractivity contribution >= 4 is 0 Å². The third kappa shape index (κ3) is 2.61. The molecule has 0 aliphatic heterocycles. The molecule has 0 fully saturated rings. The van der Waals surface area contributed by atoms with E-state index in [9.17, 15) is 10.2 Å². The number of rotatable bonds is 4. The molecule has 18 heavy (non-hydrogen) atoms. The van der Waals surface area contributed by atoms with Crippen LogP contribution in [0.5, 0.6) is 17.2 Å². The van der Waals surface area contributed by atoms with Gasteiger partial charge in [-0.05, 0) is 33.6 Å². The normalized spacial score (nSPS) is 10.3. The lowest BCUT2D eigenvalue weighted by atomic mass is 9.96. The van der Waals surface area contributed by atoms with Crippen molar-refractivity contribution in [1.82, 2.24) is 0 Å². The molecular formula is C15H22O3. The lowest BCUT2D eigenvalue weighted by molar-refractivity contribution is 0.360. The van der Waals surface area contributed by atoms with Gasteiger partial charge in [0, 0.05) is 16.7 Å². The maximum absolute atomic E-state index is 10.3. The number of aromatic hydroxyl groups is 2. The zero-order valence-electron chi connectivity index (χ0n) is 11.8. The molecule has 3 heteroatoms. The molecule has 0 heterocycles. The van der Waals surface area contributed by atoms with E-state index in [0.717, 1.165) is 5.56 Å². The molecule has 0 spiro atoms.